The summed E-state index contributed by atoms with van der Waals surface area (Å²) >= 11 is 0. The summed E-state index contributed by atoms with van der Waals surface area (Å²) in [4.78, 5) is 16.1. The number of phenolic OH excluding ortho intramolecular Hbond substituents is 1. The van der Waals surface area contributed by atoms with Gasteiger partial charge in [-0.1, -0.05) is 35.9 Å². The van der Waals surface area contributed by atoms with Crippen molar-refractivity contribution in [3.63, 3.8) is 0 Å². The molecular formula is C20H17NO4. The lowest BCUT2D eigenvalue weighted by Crippen LogP contribution is -2.01. The van der Waals surface area contributed by atoms with E-state index in [1.54, 1.807) is 24.3 Å². The van der Waals surface area contributed by atoms with Gasteiger partial charge in [-0.05, 0) is 42.3 Å². The SMILES string of the molecule is COc1cc(C=C2N=C(C=Cc3ccc(C)cc3)OC2=O)ccc1O. The predicted octanol–water partition coefficient (Wildman–Crippen LogP) is 3.72. The Morgan fingerprint density at radius 2 is 1.80 bits per heavy atom. The van der Waals surface area contributed by atoms with E-state index in [9.17, 15) is 9.90 Å². The molecule has 0 unspecified atom stereocenters. The number of aliphatic imine (C=N–C) groups is 1. The summed E-state index contributed by atoms with van der Waals surface area (Å²) < 4.78 is 10.2. The maximum atomic E-state index is 11.9. The average molecular weight is 335 g/mol. The minimum Gasteiger partial charge on any atom is -0.504 e. The zero-order chi connectivity index (χ0) is 17.8. The van der Waals surface area contributed by atoms with Crippen molar-refractivity contribution in [1.82, 2.24) is 0 Å². The van der Waals surface area contributed by atoms with E-state index in [-0.39, 0.29) is 17.3 Å². The van der Waals surface area contributed by atoms with Crippen molar-refractivity contribution < 1.29 is 19.4 Å². The molecule has 1 aliphatic rings. The second-order valence-electron chi connectivity index (χ2n) is 5.54. The smallest absolute Gasteiger partial charge is 0.363 e. The fourth-order valence-electron chi connectivity index (χ4n) is 2.28. The van der Waals surface area contributed by atoms with Crippen LogP contribution in [0.4, 0.5) is 0 Å². The Morgan fingerprint density at radius 3 is 2.52 bits per heavy atom. The molecule has 25 heavy (non-hydrogen) atoms. The van der Waals surface area contributed by atoms with Crippen LogP contribution in [0.1, 0.15) is 16.7 Å². The number of cyclic esters (lactones) is 1. The molecule has 0 aliphatic carbocycles. The van der Waals surface area contributed by atoms with E-state index in [0.29, 0.717) is 11.3 Å². The standard InChI is InChI=1S/C20H17NO4/c1-13-3-5-14(6-4-13)8-10-19-21-16(20(23)25-19)11-15-7-9-17(22)18(12-15)24-2/h3-12,22H,1-2H3. The van der Waals surface area contributed by atoms with E-state index in [2.05, 4.69) is 4.99 Å². The van der Waals surface area contributed by atoms with Crippen LogP contribution in [0, 0.1) is 6.92 Å². The minimum atomic E-state index is -0.518. The number of hydrogen-bond acceptors (Lipinski definition) is 5. The van der Waals surface area contributed by atoms with Gasteiger partial charge >= 0.3 is 5.97 Å². The van der Waals surface area contributed by atoms with Gasteiger partial charge in [0.2, 0.25) is 5.90 Å². The van der Waals surface area contributed by atoms with Gasteiger partial charge in [0, 0.05) is 6.08 Å². The maximum Gasteiger partial charge on any atom is 0.363 e. The number of hydrogen-bond donors (Lipinski definition) is 1. The molecule has 1 aliphatic heterocycles. The molecule has 5 heteroatoms. The second kappa shape index (κ2) is 7.05. The summed E-state index contributed by atoms with van der Waals surface area (Å²) in [7, 11) is 1.46. The lowest BCUT2D eigenvalue weighted by atomic mass is 10.1. The Bertz CT molecular complexity index is 892. The molecule has 0 spiro atoms. The fraction of sp³-hybridized carbons (Fsp3) is 0.100. The third kappa shape index (κ3) is 3.95. The number of rotatable bonds is 4. The Hall–Kier alpha value is -3.34. The molecule has 126 valence electrons. The number of nitrogens with zero attached hydrogens (tertiary/aromatic N) is 1. The van der Waals surface area contributed by atoms with E-state index in [0.717, 1.165) is 5.56 Å². The molecule has 0 saturated carbocycles. The molecule has 0 bridgehead atoms. The minimum absolute atomic E-state index is 0.0314. The van der Waals surface area contributed by atoms with Crippen LogP contribution in [0.25, 0.3) is 12.2 Å². The Kier molecular flexibility index (Phi) is 4.66. The number of phenols is 1. The molecule has 2 aromatic rings. The molecule has 0 amide bonds. The number of carbonyl (C=O) groups is 1. The fourth-order valence-corrected chi connectivity index (χ4v) is 2.28. The normalized spacial score (nSPS) is 15.5. The van der Waals surface area contributed by atoms with Gasteiger partial charge in [-0.2, -0.15) is 0 Å². The molecule has 1 N–H and O–H groups in total. The van der Waals surface area contributed by atoms with Crippen LogP contribution in [-0.2, 0) is 9.53 Å². The van der Waals surface area contributed by atoms with Crippen LogP contribution in [-0.4, -0.2) is 24.1 Å². The zero-order valence-electron chi connectivity index (χ0n) is 13.9. The summed E-state index contributed by atoms with van der Waals surface area (Å²) in [5, 5.41) is 9.61. The molecule has 3 rings (SSSR count). The first kappa shape index (κ1) is 16.5. The second-order valence-corrected chi connectivity index (χ2v) is 5.54. The summed E-state index contributed by atoms with van der Waals surface area (Å²) in [5.41, 5.74) is 3.03. The van der Waals surface area contributed by atoms with Crippen molar-refractivity contribution in [1.29, 1.82) is 0 Å². The lowest BCUT2D eigenvalue weighted by Gasteiger charge is -2.03. The summed E-state index contributed by atoms with van der Waals surface area (Å²) in [6.07, 6.45) is 5.07. The summed E-state index contributed by atoms with van der Waals surface area (Å²) in [6.45, 7) is 2.02. The Balaban J connectivity index is 1.81. The molecule has 2 aromatic carbocycles. The molecule has 5 nitrogen and oxygen atoms in total. The Morgan fingerprint density at radius 1 is 1.08 bits per heavy atom. The van der Waals surface area contributed by atoms with Crippen molar-refractivity contribution in [3.05, 3.63) is 70.9 Å². The highest BCUT2D eigenvalue weighted by Crippen LogP contribution is 2.28. The topological polar surface area (TPSA) is 68.1 Å². The number of carbonyl (C=O) groups excluding carboxylic acids is 1. The van der Waals surface area contributed by atoms with Crippen molar-refractivity contribution >= 4 is 24.0 Å². The third-order valence-electron chi connectivity index (χ3n) is 3.64. The van der Waals surface area contributed by atoms with E-state index < -0.39 is 5.97 Å². The van der Waals surface area contributed by atoms with Gasteiger partial charge in [-0.15, -0.1) is 0 Å². The van der Waals surface area contributed by atoms with Gasteiger partial charge < -0.3 is 14.6 Å². The predicted molar refractivity (Wildman–Crippen MR) is 96.4 cm³/mol. The number of methoxy groups -OCH3 is 1. The molecule has 0 fully saturated rings. The highest BCUT2D eigenvalue weighted by atomic mass is 16.6. The molecule has 0 atom stereocenters. The number of aromatic hydroxyl groups is 1. The molecule has 0 radical (unpaired) electrons. The van der Waals surface area contributed by atoms with Crippen molar-refractivity contribution in [2.75, 3.05) is 7.11 Å². The molecule has 1 heterocycles. The monoisotopic (exact) mass is 335 g/mol. The molecular weight excluding hydrogens is 318 g/mol. The largest absolute Gasteiger partial charge is 0.504 e. The van der Waals surface area contributed by atoms with Crippen LogP contribution in [0.5, 0.6) is 11.5 Å². The van der Waals surface area contributed by atoms with Crippen LogP contribution in [0.2, 0.25) is 0 Å². The summed E-state index contributed by atoms with van der Waals surface area (Å²) in [6, 6.07) is 12.7. The van der Waals surface area contributed by atoms with Crippen molar-refractivity contribution in [2.45, 2.75) is 6.92 Å². The van der Waals surface area contributed by atoms with Crippen LogP contribution < -0.4 is 4.74 Å². The highest BCUT2D eigenvalue weighted by Gasteiger charge is 2.21. The van der Waals surface area contributed by atoms with Gasteiger partial charge in [0.25, 0.3) is 0 Å². The van der Waals surface area contributed by atoms with E-state index in [1.165, 1.54) is 18.7 Å². The van der Waals surface area contributed by atoms with Crippen LogP contribution in [0.15, 0.2) is 59.2 Å². The van der Waals surface area contributed by atoms with E-state index in [4.69, 9.17) is 9.47 Å². The van der Waals surface area contributed by atoms with Crippen molar-refractivity contribution in [2.24, 2.45) is 4.99 Å². The van der Waals surface area contributed by atoms with E-state index in [1.807, 2.05) is 37.3 Å². The maximum absolute atomic E-state index is 11.9. The van der Waals surface area contributed by atoms with Crippen LogP contribution >= 0.6 is 0 Å². The van der Waals surface area contributed by atoms with Gasteiger partial charge in [0.15, 0.2) is 17.2 Å². The molecule has 0 aromatic heterocycles. The quantitative estimate of drug-likeness (QED) is 0.683. The average Bonchev–Trinajstić information content (AvgIpc) is 2.96. The summed E-state index contributed by atoms with van der Waals surface area (Å²) in [5.74, 6) is 0.0752. The lowest BCUT2D eigenvalue weighted by molar-refractivity contribution is -0.129. The van der Waals surface area contributed by atoms with Crippen LogP contribution in [0.3, 0.4) is 0 Å². The van der Waals surface area contributed by atoms with E-state index >= 15 is 0 Å². The van der Waals surface area contributed by atoms with Gasteiger partial charge in [0.05, 0.1) is 7.11 Å². The van der Waals surface area contributed by atoms with Crippen molar-refractivity contribution in [3.8, 4) is 11.5 Å². The zero-order valence-corrected chi connectivity index (χ0v) is 13.9. The third-order valence-corrected chi connectivity index (χ3v) is 3.64. The number of ether oxygens (including phenoxy) is 2. The number of aryl methyl sites for hydroxylation is 1. The van der Waals surface area contributed by atoms with Gasteiger partial charge in [-0.3, -0.25) is 0 Å². The first-order valence-corrected chi connectivity index (χ1v) is 7.69. The number of benzene rings is 2. The van der Waals surface area contributed by atoms with Gasteiger partial charge in [-0.25, -0.2) is 9.79 Å². The first-order chi connectivity index (χ1) is 12.0. The first-order valence-electron chi connectivity index (χ1n) is 7.69. The highest BCUT2D eigenvalue weighted by molar-refractivity contribution is 6.11. The van der Waals surface area contributed by atoms with Gasteiger partial charge in [0.1, 0.15) is 0 Å². The number of esters is 1. The Labute approximate surface area is 145 Å². The molecule has 0 saturated heterocycles.